The third-order valence-electron chi connectivity index (χ3n) is 3.63. The van der Waals surface area contributed by atoms with Gasteiger partial charge in [-0.2, -0.15) is 13.2 Å². The molecular formula is C16H18F3N3O4S. The highest BCUT2D eigenvalue weighted by molar-refractivity contribution is 7.89. The summed E-state index contributed by atoms with van der Waals surface area (Å²) >= 11 is 0. The second-order valence-electron chi connectivity index (χ2n) is 5.51. The van der Waals surface area contributed by atoms with Gasteiger partial charge in [0, 0.05) is 13.2 Å². The van der Waals surface area contributed by atoms with E-state index in [0.717, 1.165) is 12.1 Å². The zero-order valence-corrected chi connectivity index (χ0v) is 15.3. The first-order valence-electron chi connectivity index (χ1n) is 7.73. The summed E-state index contributed by atoms with van der Waals surface area (Å²) in [6.07, 6.45) is -3.11. The zero-order valence-electron chi connectivity index (χ0n) is 14.5. The third kappa shape index (κ3) is 5.23. The van der Waals surface area contributed by atoms with Crippen LogP contribution < -0.4 is 14.8 Å². The Hall–Kier alpha value is -2.53. The third-order valence-corrected chi connectivity index (χ3v) is 5.01. The van der Waals surface area contributed by atoms with Crippen LogP contribution in [0, 0.1) is 0 Å². The molecule has 7 nitrogen and oxygen atoms in total. The number of rotatable bonds is 7. The van der Waals surface area contributed by atoms with Crippen molar-refractivity contribution in [2.24, 2.45) is 7.05 Å². The number of alkyl halides is 3. The maximum atomic E-state index is 12.5. The molecule has 2 aromatic rings. The van der Waals surface area contributed by atoms with Gasteiger partial charge in [-0.15, -0.1) is 0 Å². The molecule has 11 heteroatoms. The Morgan fingerprint density at radius 1 is 1.22 bits per heavy atom. The molecule has 0 aliphatic carbocycles. The van der Waals surface area contributed by atoms with Crippen LogP contribution in [0.15, 0.2) is 41.4 Å². The first kappa shape index (κ1) is 20.8. The van der Waals surface area contributed by atoms with E-state index in [1.54, 1.807) is 0 Å². The largest absolute Gasteiger partial charge is 0.492 e. The Bertz CT molecular complexity index is 906. The summed E-state index contributed by atoms with van der Waals surface area (Å²) in [5, 5.41) is 2.55. The Morgan fingerprint density at radius 3 is 2.41 bits per heavy atom. The van der Waals surface area contributed by atoms with Crippen LogP contribution in [-0.4, -0.2) is 39.1 Å². The quantitative estimate of drug-likeness (QED) is 0.687. The monoisotopic (exact) mass is 405 g/mol. The number of nitrogens with one attached hydrogen (secondary N) is 2. The van der Waals surface area contributed by atoms with E-state index in [4.69, 9.17) is 4.74 Å². The summed E-state index contributed by atoms with van der Waals surface area (Å²) in [6.45, 7) is 0.113. The van der Waals surface area contributed by atoms with E-state index in [9.17, 15) is 26.4 Å². The number of ether oxygens (including phenoxy) is 1. The Kier molecular flexibility index (Phi) is 6.16. The van der Waals surface area contributed by atoms with Crippen molar-refractivity contribution in [1.82, 2.24) is 14.6 Å². The van der Waals surface area contributed by atoms with Crippen molar-refractivity contribution in [3.05, 3.63) is 47.8 Å². The highest BCUT2D eigenvalue weighted by Crippen LogP contribution is 2.30. The number of benzene rings is 1. The lowest BCUT2D eigenvalue weighted by Crippen LogP contribution is -2.29. The number of carbonyl (C=O) groups excluding carboxylic acids is 1. The average molecular weight is 405 g/mol. The first-order chi connectivity index (χ1) is 12.5. The number of sulfonamides is 1. The fraction of sp³-hybridized carbons (Fsp3) is 0.312. The van der Waals surface area contributed by atoms with E-state index in [1.165, 1.54) is 43.1 Å². The van der Waals surface area contributed by atoms with Crippen molar-refractivity contribution in [3.63, 3.8) is 0 Å². The van der Waals surface area contributed by atoms with Gasteiger partial charge in [-0.3, -0.25) is 4.79 Å². The molecule has 1 aromatic heterocycles. The van der Waals surface area contributed by atoms with E-state index < -0.39 is 27.7 Å². The topological polar surface area (TPSA) is 89.4 Å². The molecule has 1 amide bonds. The van der Waals surface area contributed by atoms with Crippen LogP contribution in [0.3, 0.4) is 0 Å². The van der Waals surface area contributed by atoms with Crippen LogP contribution in [0.4, 0.5) is 13.2 Å². The average Bonchev–Trinajstić information content (AvgIpc) is 3.01. The summed E-state index contributed by atoms with van der Waals surface area (Å²) < 4.78 is 69.7. The van der Waals surface area contributed by atoms with Crippen LogP contribution >= 0.6 is 0 Å². The van der Waals surface area contributed by atoms with E-state index >= 15 is 0 Å². The van der Waals surface area contributed by atoms with Crippen molar-refractivity contribution >= 4 is 15.9 Å². The van der Waals surface area contributed by atoms with Crippen molar-refractivity contribution in [1.29, 1.82) is 0 Å². The number of amides is 1. The predicted octanol–water partition coefficient (Wildman–Crippen LogP) is 1.76. The maximum absolute atomic E-state index is 12.5. The standard InChI is InChI=1S/C16H18F3N3O4S/c1-20-27(24,25)13-9-14(22(2)10-13)15(23)21-7-8-26-12-5-3-11(4-6-12)16(17,18)19/h3-6,9-10,20H,7-8H2,1-2H3,(H,21,23). The van der Waals surface area contributed by atoms with Gasteiger partial charge in [0.05, 0.1) is 12.1 Å². The fourth-order valence-corrected chi connectivity index (χ4v) is 2.99. The fourth-order valence-electron chi connectivity index (χ4n) is 2.19. The second kappa shape index (κ2) is 8.01. The van der Waals surface area contributed by atoms with E-state index in [1.807, 2.05) is 0 Å². The minimum atomic E-state index is -4.42. The SMILES string of the molecule is CNS(=O)(=O)c1cc(C(=O)NCCOc2ccc(C(F)(F)F)cc2)n(C)c1. The molecule has 0 unspecified atom stereocenters. The van der Waals surface area contributed by atoms with Crippen molar-refractivity contribution in [3.8, 4) is 5.75 Å². The molecule has 1 heterocycles. The zero-order chi connectivity index (χ0) is 20.2. The van der Waals surface area contributed by atoms with Gasteiger partial charge in [-0.25, -0.2) is 13.1 Å². The van der Waals surface area contributed by atoms with Gasteiger partial charge in [-0.1, -0.05) is 0 Å². The molecule has 0 fully saturated rings. The Labute approximate surface area is 154 Å². The maximum Gasteiger partial charge on any atom is 0.416 e. The summed E-state index contributed by atoms with van der Waals surface area (Å²) in [5.41, 5.74) is -0.641. The lowest BCUT2D eigenvalue weighted by molar-refractivity contribution is -0.137. The lowest BCUT2D eigenvalue weighted by Gasteiger charge is -2.10. The number of hydrogen-bond donors (Lipinski definition) is 2. The van der Waals surface area contributed by atoms with Crippen molar-refractivity contribution < 1.29 is 31.1 Å². The number of nitrogens with zero attached hydrogens (tertiary/aromatic N) is 1. The molecule has 0 atom stereocenters. The van der Waals surface area contributed by atoms with Crippen molar-refractivity contribution in [2.75, 3.05) is 20.2 Å². The number of aryl methyl sites for hydroxylation is 1. The van der Waals surface area contributed by atoms with Crippen LogP contribution in [-0.2, 0) is 23.2 Å². The van der Waals surface area contributed by atoms with Gasteiger partial charge < -0.3 is 14.6 Å². The van der Waals surface area contributed by atoms with Crippen LogP contribution in [0.25, 0.3) is 0 Å². The molecular weight excluding hydrogens is 387 g/mol. The highest BCUT2D eigenvalue weighted by Gasteiger charge is 2.30. The number of hydrogen-bond acceptors (Lipinski definition) is 4. The second-order valence-corrected chi connectivity index (χ2v) is 7.39. The number of halogens is 3. The molecule has 1 aromatic carbocycles. The summed E-state index contributed by atoms with van der Waals surface area (Å²) in [6, 6.07) is 5.43. The normalized spacial score (nSPS) is 12.0. The Balaban J connectivity index is 1.88. The van der Waals surface area contributed by atoms with Crippen LogP contribution in [0.2, 0.25) is 0 Å². The van der Waals surface area contributed by atoms with Crippen LogP contribution in [0.1, 0.15) is 16.1 Å². The van der Waals surface area contributed by atoms with E-state index in [-0.39, 0.29) is 29.5 Å². The smallest absolute Gasteiger partial charge is 0.416 e. The van der Waals surface area contributed by atoms with Gasteiger partial charge in [0.15, 0.2) is 0 Å². The molecule has 148 valence electrons. The van der Waals surface area contributed by atoms with Gasteiger partial charge >= 0.3 is 6.18 Å². The minimum Gasteiger partial charge on any atom is -0.492 e. The molecule has 0 saturated carbocycles. The first-order valence-corrected chi connectivity index (χ1v) is 9.21. The summed E-state index contributed by atoms with van der Waals surface area (Å²) in [7, 11) is -0.870. The molecule has 2 rings (SSSR count). The van der Waals surface area contributed by atoms with E-state index in [0.29, 0.717) is 0 Å². The molecule has 0 aliphatic heterocycles. The lowest BCUT2D eigenvalue weighted by atomic mass is 10.2. The van der Waals surface area contributed by atoms with Crippen LogP contribution in [0.5, 0.6) is 5.75 Å². The predicted molar refractivity (Wildman–Crippen MR) is 90.9 cm³/mol. The molecule has 2 N–H and O–H groups in total. The molecule has 0 spiro atoms. The summed E-state index contributed by atoms with van der Waals surface area (Å²) in [4.78, 5) is 12.1. The molecule has 0 bridgehead atoms. The minimum absolute atomic E-state index is 0.0310. The van der Waals surface area contributed by atoms with Gasteiger partial charge in [0.25, 0.3) is 5.91 Å². The van der Waals surface area contributed by atoms with Gasteiger partial charge in [-0.05, 0) is 37.4 Å². The summed E-state index contributed by atoms with van der Waals surface area (Å²) in [5.74, 6) is -0.274. The van der Waals surface area contributed by atoms with Gasteiger partial charge in [0.2, 0.25) is 10.0 Å². The molecule has 0 aliphatic rings. The molecule has 0 radical (unpaired) electrons. The highest BCUT2D eigenvalue weighted by atomic mass is 32.2. The van der Waals surface area contributed by atoms with E-state index in [2.05, 4.69) is 10.0 Å². The van der Waals surface area contributed by atoms with Gasteiger partial charge in [0.1, 0.15) is 22.9 Å². The molecule has 0 saturated heterocycles. The number of carbonyl (C=O) groups is 1. The molecule has 27 heavy (non-hydrogen) atoms. The van der Waals surface area contributed by atoms with Crippen molar-refractivity contribution in [2.45, 2.75) is 11.1 Å². The number of aromatic nitrogens is 1. The Morgan fingerprint density at radius 2 is 1.85 bits per heavy atom.